The minimum atomic E-state index is -0.0249. The third-order valence-corrected chi connectivity index (χ3v) is 4.20. The lowest BCUT2D eigenvalue weighted by molar-refractivity contribution is 0.215. The van der Waals surface area contributed by atoms with Gasteiger partial charge in [-0.1, -0.05) is 36.3 Å². The molecule has 0 aromatic heterocycles. The van der Waals surface area contributed by atoms with E-state index in [0.29, 0.717) is 6.04 Å². The van der Waals surface area contributed by atoms with Crippen LogP contribution < -0.4 is 0 Å². The van der Waals surface area contributed by atoms with Crippen molar-refractivity contribution in [3.8, 4) is 23.5 Å². The number of likely N-dealkylation sites (N-methyl/N-ethyl adjacent to an activating group) is 1. The maximum Gasteiger partial charge on any atom is 0.101 e. The monoisotopic (exact) mass is 223 g/mol. The molecule has 4 aliphatic rings. The Balaban J connectivity index is 0.000000125. The SMILES string of the molecule is C#CC12C=CCC(CC1)N2C.c1cc2cc-2c1. The number of fused-ring (bicyclic) bond motifs is 3. The molecule has 2 aliphatic carbocycles. The summed E-state index contributed by atoms with van der Waals surface area (Å²) in [6, 6.07) is 9.19. The van der Waals surface area contributed by atoms with Gasteiger partial charge in [0, 0.05) is 6.04 Å². The van der Waals surface area contributed by atoms with Gasteiger partial charge in [0.05, 0.1) is 0 Å². The van der Waals surface area contributed by atoms with E-state index in [1.807, 2.05) is 0 Å². The predicted molar refractivity (Wildman–Crippen MR) is 71.5 cm³/mol. The molecule has 86 valence electrons. The topological polar surface area (TPSA) is 3.24 Å². The lowest BCUT2D eigenvalue weighted by Gasteiger charge is -2.34. The molecule has 1 saturated heterocycles. The van der Waals surface area contributed by atoms with Gasteiger partial charge in [-0.05, 0) is 43.5 Å². The molecule has 17 heavy (non-hydrogen) atoms. The number of hydrogen-bond donors (Lipinski definition) is 0. The van der Waals surface area contributed by atoms with Crippen LogP contribution in [0.4, 0.5) is 0 Å². The van der Waals surface area contributed by atoms with Crippen molar-refractivity contribution in [1.29, 1.82) is 0 Å². The molecule has 1 fully saturated rings. The fourth-order valence-corrected chi connectivity index (χ4v) is 2.88. The zero-order chi connectivity index (χ0) is 11.9. The fourth-order valence-electron chi connectivity index (χ4n) is 2.88. The highest BCUT2D eigenvalue weighted by molar-refractivity contribution is 5.80. The molecule has 2 unspecified atom stereocenters. The molecule has 0 amide bonds. The second kappa shape index (κ2) is 3.75. The minimum Gasteiger partial charge on any atom is -0.284 e. The van der Waals surface area contributed by atoms with Crippen molar-refractivity contribution in [2.45, 2.75) is 30.8 Å². The third kappa shape index (κ3) is 1.69. The molecule has 2 heterocycles. The highest BCUT2D eigenvalue weighted by Crippen LogP contribution is 2.38. The molecule has 0 spiro atoms. The van der Waals surface area contributed by atoms with Gasteiger partial charge in [-0.3, -0.25) is 4.90 Å². The zero-order valence-electron chi connectivity index (χ0n) is 10.2. The third-order valence-electron chi connectivity index (χ3n) is 4.20. The summed E-state index contributed by atoms with van der Waals surface area (Å²) in [5, 5.41) is 0. The Morgan fingerprint density at radius 1 is 1.41 bits per heavy atom. The fraction of sp³-hybridized carbons (Fsp3) is 0.375. The summed E-state index contributed by atoms with van der Waals surface area (Å²) in [5.74, 6) is 2.90. The molecule has 0 N–H and O–H groups in total. The van der Waals surface area contributed by atoms with E-state index in [1.54, 1.807) is 0 Å². The number of terminal acetylenes is 1. The van der Waals surface area contributed by atoms with E-state index in [-0.39, 0.29) is 5.54 Å². The quantitative estimate of drug-likeness (QED) is 0.490. The van der Waals surface area contributed by atoms with Crippen LogP contribution in [-0.4, -0.2) is 23.5 Å². The van der Waals surface area contributed by atoms with Gasteiger partial charge in [0.1, 0.15) is 5.54 Å². The van der Waals surface area contributed by atoms with E-state index in [2.05, 4.69) is 54.3 Å². The van der Waals surface area contributed by atoms with Crippen LogP contribution in [0.25, 0.3) is 11.1 Å². The molecule has 1 nitrogen and oxygen atoms in total. The average molecular weight is 223 g/mol. The first-order valence-corrected chi connectivity index (χ1v) is 6.24. The number of hydrogen-bond acceptors (Lipinski definition) is 1. The highest BCUT2D eigenvalue weighted by Gasteiger charge is 2.42. The maximum atomic E-state index is 5.52. The van der Waals surface area contributed by atoms with Crippen LogP contribution in [0.15, 0.2) is 36.4 Å². The van der Waals surface area contributed by atoms with E-state index < -0.39 is 0 Å². The van der Waals surface area contributed by atoms with Crippen molar-refractivity contribution in [1.82, 2.24) is 4.90 Å². The molecule has 0 aromatic rings. The van der Waals surface area contributed by atoms with Crippen molar-refractivity contribution in [2.75, 3.05) is 7.05 Å². The Morgan fingerprint density at radius 3 is 2.65 bits per heavy atom. The highest BCUT2D eigenvalue weighted by atomic mass is 15.2. The Morgan fingerprint density at radius 2 is 2.18 bits per heavy atom. The first kappa shape index (κ1) is 10.6. The van der Waals surface area contributed by atoms with Gasteiger partial charge in [0.25, 0.3) is 0 Å². The largest absolute Gasteiger partial charge is 0.284 e. The van der Waals surface area contributed by atoms with Gasteiger partial charge in [0.15, 0.2) is 0 Å². The summed E-state index contributed by atoms with van der Waals surface area (Å²) in [5.41, 5.74) is 2.83. The Labute approximate surface area is 103 Å². The van der Waals surface area contributed by atoms with Crippen LogP contribution >= 0.6 is 0 Å². The first-order chi connectivity index (χ1) is 8.25. The van der Waals surface area contributed by atoms with Gasteiger partial charge in [-0.15, -0.1) is 6.42 Å². The number of rotatable bonds is 0. The Hall–Kier alpha value is -1.52. The Bertz CT molecular complexity index is 491. The number of benzene rings is 1. The van der Waals surface area contributed by atoms with Gasteiger partial charge in [-0.2, -0.15) is 0 Å². The van der Waals surface area contributed by atoms with Crippen molar-refractivity contribution >= 4 is 0 Å². The summed E-state index contributed by atoms with van der Waals surface area (Å²) in [6.07, 6.45) is 13.5. The molecule has 2 aliphatic heterocycles. The van der Waals surface area contributed by atoms with Crippen LogP contribution in [-0.2, 0) is 0 Å². The van der Waals surface area contributed by atoms with E-state index in [1.165, 1.54) is 24.0 Å². The molecule has 0 saturated carbocycles. The molecular formula is C16H17N. The van der Waals surface area contributed by atoms with E-state index in [0.717, 1.165) is 6.42 Å². The minimum absolute atomic E-state index is 0.0249. The van der Waals surface area contributed by atoms with Crippen molar-refractivity contribution in [3.05, 3.63) is 36.4 Å². The van der Waals surface area contributed by atoms with Gasteiger partial charge < -0.3 is 0 Å². The normalized spacial score (nSPS) is 31.4. The van der Waals surface area contributed by atoms with Crippen LogP contribution in [0, 0.1) is 12.3 Å². The van der Waals surface area contributed by atoms with Crippen LogP contribution in [0.1, 0.15) is 19.3 Å². The van der Waals surface area contributed by atoms with Crippen molar-refractivity contribution < 1.29 is 0 Å². The predicted octanol–water partition coefficient (Wildman–Crippen LogP) is 3.08. The first-order valence-electron chi connectivity index (χ1n) is 6.24. The summed E-state index contributed by atoms with van der Waals surface area (Å²) in [6.45, 7) is 0. The standard InChI is InChI=1S/C10H13N.C6H4/c1-3-10-7-4-5-9(6-8-10)11(10)2;1-2-5-4-6(5)3-1/h1,4,7,9H,5-6,8H2,2H3;1-4H. The molecule has 0 aromatic carbocycles. The van der Waals surface area contributed by atoms with Crippen molar-refractivity contribution in [2.24, 2.45) is 0 Å². The lowest BCUT2D eigenvalue weighted by Crippen LogP contribution is -2.43. The van der Waals surface area contributed by atoms with Gasteiger partial charge in [-0.25, -0.2) is 0 Å². The number of nitrogens with zero attached hydrogens (tertiary/aromatic N) is 1. The summed E-state index contributed by atoms with van der Waals surface area (Å²) < 4.78 is 0. The van der Waals surface area contributed by atoms with E-state index in [4.69, 9.17) is 6.42 Å². The lowest BCUT2D eigenvalue weighted by atomic mass is 9.96. The molecule has 2 bridgehead atoms. The molecule has 0 radical (unpaired) electrons. The second-order valence-electron chi connectivity index (χ2n) is 5.09. The van der Waals surface area contributed by atoms with Gasteiger partial charge >= 0.3 is 0 Å². The maximum absolute atomic E-state index is 5.52. The molecule has 4 rings (SSSR count). The summed E-state index contributed by atoms with van der Waals surface area (Å²) >= 11 is 0. The second-order valence-corrected chi connectivity index (χ2v) is 5.09. The van der Waals surface area contributed by atoms with E-state index >= 15 is 0 Å². The molecular weight excluding hydrogens is 206 g/mol. The van der Waals surface area contributed by atoms with Gasteiger partial charge in [0.2, 0.25) is 0 Å². The molecule has 1 heteroatoms. The molecule has 2 atom stereocenters. The van der Waals surface area contributed by atoms with Crippen LogP contribution in [0.2, 0.25) is 0 Å². The zero-order valence-corrected chi connectivity index (χ0v) is 10.2. The van der Waals surface area contributed by atoms with Crippen LogP contribution in [0.5, 0.6) is 0 Å². The average Bonchev–Trinajstić information content (AvgIpc) is 2.94. The smallest absolute Gasteiger partial charge is 0.101 e. The van der Waals surface area contributed by atoms with Crippen molar-refractivity contribution in [3.63, 3.8) is 0 Å². The summed E-state index contributed by atoms with van der Waals surface area (Å²) in [7, 11) is 2.14. The van der Waals surface area contributed by atoms with Crippen LogP contribution in [0.3, 0.4) is 0 Å². The summed E-state index contributed by atoms with van der Waals surface area (Å²) in [4.78, 5) is 2.34. The Kier molecular flexibility index (Phi) is 2.34. The van der Waals surface area contributed by atoms with E-state index in [9.17, 15) is 0 Å².